The second-order valence-corrected chi connectivity index (χ2v) is 6.25. The molecule has 0 atom stereocenters. The van der Waals surface area contributed by atoms with Crippen LogP contribution in [0.4, 0.5) is 5.82 Å². The second kappa shape index (κ2) is 6.01. The maximum Gasteiger partial charge on any atom is 0.254 e. The summed E-state index contributed by atoms with van der Waals surface area (Å²) in [6.45, 7) is 9.09. The third kappa shape index (κ3) is 3.05. The fraction of sp³-hybridized carbons (Fsp3) is 0.600. The maximum atomic E-state index is 12.0. The first-order valence-corrected chi connectivity index (χ1v) is 7.80. The van der Waals surface area contributed by atoms with Crippen LogP contribution in [0.1, 0.15) is 36.0 Å². The van der Waals surface area contributed by atoms with E-state index in [0.29, 0.717) is 0 Å². The highest BCUT2D eigenvalue weighted by Crippen LogP contribution is 2.32. The number of amides is 2. The molecular formula is C15H20N6O2. The fourth-order valence-electron chi connectivity index (χ4n) is 2.95. The number of nitrogens with two attached hydrogens (primary N) is 1. The monoisotopic (exact) mass is 316 g/mol. The molecule has 3 rings (SSSR count). The minimum absolute atomic E-state index is 0.0111. The van der Waals surface area contributed by atoms with Gasteiger partial charge in [0.25, 0.3) is 5.91 Å². The third-order valence-electron chi connectivity index (χ3n) is 4.56. The zero-order valence-electron chi connectivity index (χ0n) is 12.8. The van der Waals surface area contributed by atoms with Crippen LogP contribution in [-0.2, 0) is 10.3 Å². The van der Waals surface area contributed by atoms with Crippen molar-refractivity contribution in [3.05, 3.63) is 23.2 Å². The van der Waals surface area contributed by atoms with Gasteiger partial charge in [-0.1, -0.05) is 0 Å². The number of hydrogen-bond donors (Lipinski definition) is 3. The zero-order valence-corrected chi connectivity index (χ0v) is 12.8. The van der Waals surface area contributed by atoms with Gasteiger partial charge in [0.2, 0.25) is 12.5 Å². The number of hydrogen-bond acceptors (Lipinski definition) is 4. The van der Waals surface area contributed by atoms with E-state index in [0.717, 1.165) is 38.8 Å². The van der Waals surface area contributed by atoms with Gasteiger partial charge >= 0.3 is 0 Å². The lowest BCUT2D eigenvalue weighted by molar-refractivity contribution is -0.117. The highest BCUT2D eigenvalue weighted by molar-refractivity contribution is 6.02. The minimum atomic E-state index is -0.630. The Labute approximate surface area is 134 Å². The van der Waals surface area contributed by atoms with Crippen molar-refractivity contribution >= 4 is 17.6 Å². The van der Waals surface area contributed by atoms with Crippen molar-refractivity contribution in [3.63, 3.8) is 0 Å². The smallest absolute Gasteiger partial charge is 0.254 e. The van der Waals surface area contributed by atoms with Crippen LogP contribution < -0.4 is 16.4 Å². The second-order valence-electron chi connectivity index (χ2n) is 6.25. The van der Waals surface area contributed by atoms with E-state index in [2.05, 4.69) is 20.6 Å². The molecule has 1 aromatic rings. The fourth-order valence-corrected chi connectivity index (χ4v) is 2.95. The van der Waals surface area contributed by atoms with Crippen LogP contribution in [0.5, 0.6) is 0 Å². The van der Waals surface area contributed by atoms with Gasteiger partial charge in [-0.3, -0.25) is 14.3 Å². The van der Waals surface area contributed by atoms with Gasteiger partial charge in [0, 0.05) is 12.1 Å². The van der Waals surface area contributed by atoms with E-state index in [1.165, 1.54) is 0 Å². The standard InChI is InChI=1S/C15H20N6O2/c1-17-9-15(4-6-18-7-5-15)21-8-11(12(16)22)13(20-21)19-14(23)10-2-3-10/h8,10,18H,2-7,9H2,(H2,16,22)(H,19,20,23). The van der Waals surface area contributed by atoms with Crippen molar-refractivity contribution in [1.29, 1.82) is 0 Å². The lowest BCUT2D eigenvalue weighted by Gasteiger charge is -2.33. The Balaban J connectivity index is 1.93. The van der Waals surface area contributed by atoms with Crippen LogP contribution >= 0.6 is 0 Å². The van der Waals surface area contributed by atoms with Crippen molar-refractivity contribution in [1.82, 2.24) is 15.1 Å². The van der Waals surface area contributed by atoms with E-state index in [4.69, 9.17) is 12.3 Å². The van der Waals surface area contributed by atoms with Crippen molar-refractivity contribution in [2.24, 2.45) is 11.7 Å². The van der Waals surface area contributed by atoms with Crippen LogP contribution in [0.3, 0.4) is 0 Å². The van der Waals surface area contributed by atoms with Gasteiger partial charge < -0.3 is 21.2 Å². The number of anilines is 1. The van der Waals surface area contributed by atoms with Crippen LogP contribution in [0.25, 0.3) is 4.85 Å². The molecule has 1 saturated carbocycles. The molecule has 2 heterocycles. The number of nitrogens with one attached hydrogen (secondary N) is 2. The summed E-state index contributed by atoms with van der Waals surface area (Å²) in [5.74, 6) is -0.536. The van der Waals surface area contributed by atoms with E-state index >= 15 is 0 Å². The van der Waals surface area contributed by atoms with Crippen molar-refractivity contribution in [2.45, 2.75) is 31.2 Å². The van der Waals surface area contributed by atoms with E-state index in [1.807, 2.05) is 0 Å². The van der Waals surface area contributed by atoms with Gasteiger partial charge in [-0.2, -0.15) is 5.10 Å². The number of carbonyl (C=O) groups is 2. The van der Waals surface area contributed by atoms with E-state index in [1.54, 1.807) is 10.9 Å². The molecule has 2 fully saturated rings. The number of primary amides is 1. The van der Waals surface area contributed by atoms with E-state index in [9.17, 15) is 9.59 Å². The molecular weight excluding hydrogens is 296 g/mol. The molecule has 8 heteroatoms. The molecule has 0 aromatic carbocycles. The van der Waals surface area contributed by atoms with Gasteiger partial charge in [0.05, 0.1) is 0 Å². The molecule has 0 radical (unpaired) electrons. The Kier molecular flexibility index (Phi) is 4.05. The highest BCUT2D eigenvalue weighted by Gasteiger charge is 2.39. The van der Waals surface area contributed by atoms with E-state index in [-0.39, 0.29) is 29.8 Å². The van der Waals surface area contributed by atoms with Gasteiger partial charge in [-0.05, 0) is 38.8 Å². The molecule has 1 aromatic heterocycles. The molecule has 2 amide bonds. The number of nitrogens with zero attached hydrogens (tertiary/aromatic N) is 3. The molecule has 122 valence electrons. The largest absolute Gasteiger partial charge is 0.365 e. The summed E-state index contributed by atoms with van der Waals surface area (Å²) in [6, 6.07) is 0. The number of aromatic nitrogens is 2. The van der Waals surface area contributed by atoms with Crippen LogP contribution in [-0.4, -0.2) is 41.2 Å². The summed E-state index contributed by atoms with van der Waals surface area (Å²) in [7, 11) is 0. The predicted molar refractivity (Wildman–Crippen MR) is 83.6 cm³/mol. The third-order valence-corrected chi connectivity index (χ3v) is 4.56. The zero-order chi connectivity index (χ0) is 16.4. The first-order chi connectivity index (χ1) is 11.1. The Morgan fingerprint density at radius 1 is 1.48 bits per heavy atom. The van der Waals surface area contributed by atoms with Gasteiger partial charge in [-0.15, -0.1) is 0 Å². The van der Waals surface area contributed by atoms with E-state index < -0.39 is 11.4 Å². The Morgan fingerprint density at radius 2 is 2.17 bits per heavy atom. The molecule has 1 saturated heterocycles. The number of carbonyl (C=O) groups excluding carboxylic acids is 2. The van der Waals surface area contributed by atoms with Crippen molar-refractivity contribution in [2.75, 3.05) is 25.0 Å². The highest BCUT2D eigenvalue weighted by atomic mass is 16.2. The molecule has 0 bridgehead atoms. The quantitative estimate of drug-likeness (QED) is 0.680. The lowest BCUT2D eigenvalue weighted by atomic mass is 9.88. The van der Waals surface area contributed by atoms with Crippen LogP contribution in [0.15, 0.2) is 6.20 Å². The Bertz CT molecular complexity index is 664. The topological polar surface area (TPSA) is 106 Å². The molecule has 8 nitrogen and oxygen atoms in total. The molecule has 0 spiro atoms. The number of piperidine rings is 1. The average molecular weight is 316 g/mol. The predicted octanol–water partition coefficient (Wildman–Crippen LogP) is 0.328. The summed E-state index contributed by atoms with van der Waals surface area (Å²) >= 11 is 0. The summed E-state index contributed by atoms with van der Waals surface area (Å²) in [5, 5.41) is 10.4. The molecule has 0 unspecified atom stereocenters. The van der Waals surface area contributed by atoms with Crippen molar-refractivity contribution in [3.8, 4) is 0 Å². The van der Waals surface area contributed by atoms with Crippen LogP contribution in [0, 0.1) is 12.5 Å². The van der Waals surface area contributed by atoms with Gasteiger partial charge in [0.1, 0.15) is 11.1 Å². The molecule has 4 N–H and O–H groups in total. The number of rotatable bonds is 5. The SMILES string of the molecule is [C-]#[N+]CC1(n2cc(C(N)=O)c(NC(=O)C3CC3)n2)CCNCC1. The van der Waals surface area contributed by atoms with Crippen LogP contribution in [0.2, 0.25) is 0 Å². The lowest BCUT2D eigenvalue weighted by Crippen LogP contribution is -2.46. The van der Waals surface area contributed by atoms with Crippen molar-refractivity contribution < 1.29 is 9.59 Å². The molecule has 2 aliphatic rings. The first-order valence-electron chi connectivity index (χ1n) is 7.80. The van der Waals surface area contributed by atoms with Gasteiger partial charge in [-0.25, -0.2) is 6.57 Å². The Morgan fingerprint density at radius 3 is 2.74 bits per heavy atom. The normalized spacial score (nSPS) is 19.8. The maximum absolute atomic E-state index is 12.0. The Hall–Kier alpha value is -2.40. The first kappa shape index (κ1) is 15.5. The molecule has 1 aliphatic carbocycles. The summed E-state index contributed by atoms with van der Waals surface area (Å²) in [6.07, 6.45) is 4.79. The van der Waals surface area contributed by atoms with Gasteiger partial charge in [0.15, 0.2) is 5.82 Å². The summed E-state index contributed by atoms with van der Waals surface area (Å²) < 4.78 is 1.66. The summed E-state index contributed by atoms with van der Waals surface area (Å²) in [5.41, 5.74) is 5.16. The average Bonchev–Trinajstić information content (AvgIpc) is 3.29. The molecule has 1 aliphatic heterocycles. The molecule has 23 heavy (non-hydrogen) atoms. The minimum Gasteiger partial charge on any atom is -0.365 e. The summed E-state index contributed by atoms with van der Waals surface area (Å²) in [4.78, 5) is 27.2.